The van der Waals surface area contributed by atoms with Gasteiger partial charge >= 0.3 is 17.8 Å². The summed E-state index contributed by atoms with van der Waals surface area (Å²) in [6.07, 6.45) is 1.34. The number of esters is 1. The monoisotopic (exact) mass is 475 g/mol. The van der Waals surface area contributed by atoms with Crippen LogP contribution in [0.4, 0.5) is 5.69 Å². The Morgan fingerprint density at radius 1 is 0.943 bits per heavy atom. The van der Waals surface area contributed by atoms with E-state index in [-0.39, 0.29) is 5.75 Å². The van der Waals surface area contributed by atoms with E-state index in [2.05, 4.69) is 15.8 Å². The molecule has 2 N–H and O–H groups in total. The van der Waals surface area contributed by atoms with E-state index in [1.54, 1.807) is 61.5 Å². The van der Waals surface area contributed by atoms with Gasteiger partial charge in [0.1, 0.15) is 5.75 Å². The van der Waals surface area contributed by atoms with Gasteiger partial charge in [-0.05, 0) is 73.5 Å². The second-order valence-corrected chi connectivity index (χ2v) is 7.23. The van der Waals surface area contributed by atoms with Crippen LogP contribution in [0.2, 0.25) is 0 Å². The van der Waals surface area contributed by atoms with Gasteiger partial charge in [-0.25, -0.2) is 10.2 Å². The molecule has 0 heterocycles. The van der Waals surface area contributed by atoms with Crippen LogP contribution in [-0.2, 0) is 9.59 Å². The molecule has 35 heavy (non-hydrogen) atoms. The van der Waals surface area contributed by atoms with Crippen molar-refractivity contribution in [1.29, 1.82) is 0 Å². The molecule has 3 aromatic carbocycles. The smallest absolute Gasteiger partial charge is 0.343 e. The van der Waals surface area contributed by atoms with Gasteiger partial charge in [-0.2, -0.15) is 5.10 Å². The molecule has 0 saturated carbocycles. The highest BCUT2D eigenvalue weighted by atomic mass is 16.6. The fourth-order valence-electron chi connectivity index (χ4n) is 2.95. The van der Waals surface area contributed by atoms with Gasteiger partial charge in [0.05, 0.1) is 25.5 Å². The Morgan fingerprint density at radius 3 is 2.37 bits per heavy atom. The number of benzene rings is 3. The van der Waals surface area contributed by atoms with E-state index in [0.29, 0.717) is 34.9 Å². The van der Waals surface area contributed by atoms with Crippen molar-refractivity contribution < 1.29 is 28.6 Å². The predicted molar refractivity (Wildman–Crippen MR) is 131 cm³/mol. The number of anilines is 1. The predicted octanol–water partition coefficient (Wildman–Crippen LogP) is 3.71. The molecule has 0 saturated heterocycles. The Labute approximate surface area is 202 Å². The number of methoxy groups -OCH3 is 1. The Hall–Kier alpha value is -4.66. The van der Waals surface area contributed by atoms with Crippen LogP contribution in [0, 0.1) is 6.92 Å². The first-order valence-corrected chi connectivity index (χ1v) is 10.7. The summed E-state index contributed by atoms with van der Waals surface area (Å²) >= 11 is 0. The Bertz CT molecular complexity index is 1240. The molecular formula is C26H25N3O6. The molecule has 0 aliphatic rings. The lowest BCUT2D eigenvalue weighted by Gasteiger charge is -2.11. The zero-order valence-corrected chi connectivity index (χ0v) is 19.5. The summed E-state index contributed by atoms with van der Waals surface area (Å²) in [6, 6.07) is 18.4. The molecular weight excluding hydrogens is 450 g/mol. The van der Waals surface area contributed by atoms with Crippen molar-refractivity contribution in [2.75, 3.05) is 19.0 Å². The SMILES string of the molecule is CCOc1cc(C=NNC(=O)C(=O)Nc2ccccc2C)ccc1OC(=O)c1ccc(OC)cc1. The summed E-state index contributed by atoms with van der Waals surface area (Å²) in [5, 5.41) is 6.35. The van der Waals surface area contributed by atoms with Gasteiger partial charge in [0.25, 0.3) is 0 Å². The van der Waals surface area contributed by atoms with Crippen molar-refractivity contribution in [2.45, 2.75) is 13.8 Å². The zero-order valence-electron chi connectivity index (χ0n) is 19.5. The largest absolute Gasteiger partial charge is 0.497 e. The maximum absolute atomic E-state index is 12.5. The average molecular weight is 476 g/mol. The molecule has 180 valence electrons. The third kappa shape index (κ3) is 6.91. The van der Waals surface area contributed by atoms with Crippen LogP contribution in [0.25, 0.3) is 0 Å². The lowest BCUT2D eigenvalue weighted by atomic mass is 10.2. The molecule has 3 rings (SSSR count). The van der Waals surface area contributed by atoms with Gasteiger partial charge in [-0.3, -0.25) is 9.59 Å². The minimum absolute atomic E-state index is 0.228. The zero-order chi connectivity index (χ0) is 25.2. The average Bonchev–Trinajstić information content (AvgIpc) is 2.87. The van der Waals surface area contributed by atoms with Gasteiger partial charge in [0.2, 0.25) is 0 Å². The summed E-state index contributed by atoms with van der Waals surface area (Å²) in [5.41, 5.74) is 4.45. The van der Waals surface area contributed by atoms with Crippen molar-refractivity contribution in [1.82, 2.24) is 5.43 Å². The highest BCUT2D eigenvalue weighted by Gasteiger charge is 2.15. The summed E-state index contributed by atoms with van der Waals surface area (Å²) in [6.45, 7) is 3.95. The van der Waals surface area contributed by atoms with Crippen LogP contribution in [0.15, 0.2) is 71.8 Å². The van der Waals surface area contributed by atoms with E-state index < -0.39 is 17.8 Å². The Morgan fingerprint density at radius 2 is 1.69 bits per heavy atom. The van der Waals surface area contributed by atoms with Crippen molar-refractivity contribution in [3.05, 3.63) is 83.4 Å². The number of carbonyl (C=O) groups excluding carboxylic acids is 3. The molecule has 0 aromatic heterocycles. The summed E-state index contributed by atoms with van der Waals surface area (Å²) in [4.78, 5) is 36.6. The van der Waals surface area contributed by atoms with Gasteiger partial charge < -0.3 is 19.5 Å². The van der Waals surface area contributed by atoms with E-state index in [1.807, 2.05) is 19.1 Å². The van der Waals surface area contributed by atoms with Crippen LogP contribution in [0.1, 0.15) is 28.4 Å². The third-order valence-electron chi connectivity index (χ3n) is 4.78. The minimum Gasteiger partial charge on any atom is -0.497 e. The minimum atomic E-state index is -0.917. The molecule has 0 bridgehead atoms. The number of hydrogen-bond acceptors (Lipinski definition) is 7. The quantitative estimate of drug-likeness (QED) is 0.169. The molecule has 2 amide bonds. The van der Waals surface area contributed by atoms with Crippen LogP contribution in [-0.4, -0.2) is 37.7 Å². The van der Waals surface area contributed by atoms with E-state index in [0.717, 1.165) is 5.56 Å². The summed E-state index contributed by atoms with van der Waals surface area (Å²) < 4.78 is 16.2. The van der Waals surface area contributed by atoms with Gasteiger partial charge in [-0.1, -0.05) is 18.2 Å². The second-order valence-electron chi connectivity index (χ2n) is 7.23. The molecule has 0 spiro atoms. The van der Waals surface area contributed by atoms with E-state index in [1.165, 1.54) is 13.3 Å². The molecule has 0 fully saturated rings. The molecule has 9 nitrogen and oxygen atoms in total. The standard InChI is InChI=1S/C26H25N3O6/c1-4-34-23-15-18(9-14-22(23)35-26(32)19-10-12-20(33-3)13-11-19)16-27-29-25(31)24(30)28-21-8-6-5-7-17(21)2/h5-16H,4H2,1-3H3,(H,28,30)(H,29,31). The van der Waals surface area contributed by atoms with Crippen LogP contribution in [0.3, 0.4) is 0 Å². The van der Waals surface area contributed by atoms with E-state index in [4.69, 9.17) is 14.2 Å². The topological polar surface area (TPSA) is 115 Å². The summed E-state index contributed by atoms with van der Waals surface area (Å²) in [5.74, 6) is -1.14. The maximum atomic E-state index is 12.5. The fourth-order valence-corrected chi connectivity index (χ4v) is 2.95. The van der Waals surface area contributed by atoms with Gasteiger partial charge in [0.15, 0.2) is 11.5 Å². The highest BCUT2D eigenvalue weighted by Crippen LogP contribution is 2.29. The Balaban J connectivity index is 1.64. The van der Waals surface area contributed by atoms with Crippen molar-refractivity contribution in [3.8, 4) is 17.2 Å². The van der Waals surface area contributed by atoms with Crippen molar-refractivity contribution in [2.24, 2.45) is 5.10 Å². The van der Waals surface area contributed by atoms with Crippen molar-refractivity contribution >= 4 is 29.7 Å². The molecule has 9 heteroatoms. The first-order chi connectivity index (χ1) is 16.9. The third-order valence-corrected chi connectivity index (χ3v) is 4.78. The number of aryl methyl sites for hydroxylation is 1. The van der Waals surface area contributed by atoms with Crippen molar-refractivity contribution in [3.63, 3.8) is 0 Å². The molecule has 0 unspecified atom stereocenters. The number of nitrogens with zero attached hydrogens (tertiary/aromatic N) is 1. The number of para-hydroxylation sites is 1. The summed E-state index contributed by atoms with van der Waals surface area (Å²) in [7, 11) is 1.54. The Kier molecular flexibility index (Phi) is 8.55. The number of nitrogens with one attached hydrogen (secondary N) is 2. The number of ether oxygens (including phenoxy) is 3. The van der Waals surface area contributed by atoms with E-state index >= 15 is 0 Å². The van der Waals surface area contributed by atoms with Gasteiger partial charge in [0, 0.05) is 5.69 Å². The normalized spacial score (nSPS) is 10.5. The molecule has 0 atom stereocenters. The molecule has 0 aliphatic carbocycles. The number of hydrogen-bond donors (Lipinski definition) is 2. The molecule has 0 aliphatic heterocycles. The number of carbonyl (C=O) groups is 3. The molecule has 0 radical (unpaired) electrons. The number of rotatable bonds is 8. The molecule has 3 aromatic rings. The van der Waals surface area contributed by atoms with E-state index in [9.17, 15) is 14.4 Å². The first kappa shape index (κ1) is 25.0. The van der Waals surface area contributed by atoms with Crippen LogP contribution >= 0.6 is 0 Å². The van der Waals surface area contributed by atoms with Crippen LogP contribution < -0.4 is 25.0 Å². The lowest BCUT2D eigenvalue weighted by Crippen LogP contribution is -2.32. The lowest BCUT2D eigenvalue weighted by molar-refractivity contribution is -0.136. The highest BCUT2D eigenvalue weighted by molar-refractivity contribution is 6.39. The second kappa shape index (κ2) is 12.0. The van der Waals surface area contributed by atoms with Crippen LogP contribution in [0.5, 0.6) is 17.2 Å². The number of hydrazone groups is 1. The first-order valence-electron chi connectivity index (χ1n) is 10.7. The maximum Gasteiger partial charge on any atom is 0.343 e. The van der Waals surface area contributed by atoms with Gasteiger partial charge in [-0.15, -0.1) is 0 Å². The number of amides is 2. The fraction of sp³-hybridized carbons (Fsp3) is 0.154.